The van der Waals surface area contributed by atoms with Gasteiger partial charge in [-0.2, -0.15) is 26.3 Å². The van der Waals surface area contributed by atoms with E-state index in [0.29, 0.717) is 6.07 Å². The van der Waals surface area contributed by atoms with Gasteiger partial charge in [-0.25, -0.2) is 4.99 Å². The van der Waals surface area contributed by atoms with Crippen molar-refractivity contribution in [3.63, 3.8) is 0 Å². The summed E-state index contributed by atoms with van der Waals surface area (Å²) in [6.45, 7) is 0. The molecule has 0 amide bonds. The van der Waals surface area contributed by atoms with Gasteiger partial charge in [0.2, 0.25) is 5.17 Å². The molecule has 0 saturated heterocycles. The average Bonchev–Trinajstić information content (AvgIpc) is 2.17. The summed E-state index contributed by atoms with van der Waals surface area (Å²) in [5.74, 6) is 0. The van der Waals surface area contributed by atoms with Gasteiger partial charge < -0.3 is 0 Å². The first kappa shape index (κ1) is 15.5. The molecule has 0 heterocycles. The third-order valence-electron chi connectivity index (χ3n) is 1.72. The van der Waals surface area contributed by atoms with Gasteiger partial charge in [0.05, 0.1) is 11.3 Å². The minimum Gasteiger partial charge on any atom is -0.232 e. The number of benzene rings is 1. The molecule has 0 atom stereocenters. The van der Waals surface area contributed by atoms with Crippen LogP contribution in [0.3, 0.4) is 0 Å². The molecule has 0 spiro atoms. The van der Waals surface area contributed by atoms with E-state index in [1.165, 1.54) is 22.6 Å². The summed E-state index contributed by atoms with van der Waals surface area (Å²) in [6.07, 6.45) is -9.55. The SMILES string of the molecule is FC(F)(F)C(Cl)=Nc1ccc(I)c(C(F)(F)F)c1. The van der Waals surface area contributed by atoms with Gasteiger partial charge in [-0.15, -0.1) is 0 Å². The lowest BCUT2D eigenvalue weighted by Gasteiger charge is -2.10. The van der Waals surface area contributed by atoms with E-state index < -0.39 is 28.8 Å². The maximum Gasteiger partial charge on any atom is 0.444 e. The summed E-state index contributed by atoms with van der Waals surface area (Å²) in [6, 6.07) is 2.55. The van der Waals surface area contributed by atoms with E-state index in [9.17, 15) is 26.3 Å². The minimum atomic E-state index is -4.89. The Bertz CT molecular complexity index is 479. The van der Waals surface area contributed by atoms with Crippen LogP contribution >= 0.6 is 34.2 Å². The topological polar surface area (TPSA) is 12.4 Å². The van der Waals surface area contributed by atoms with E-state index in [2.05, 4.69) is 4.99 Å². The number of alkyl halides is 6. The smallest absolute Gasteiger partial charge is 0.232 e. The maximum absolute atomic E-state index is 12.5. The molecule has 1 nitrogen and oxygen atoms in total. The van der Waals surface area contributed by atoms with Crippen LogP contribution in [-0.2, 0) is 6.18 Å². The Kier molecular flexibility index (Phi) is 4.52. The van der Waals surface area contributed by atoms with Gasteiger partial charge in [-0.05, 0) is 40.8 Å². The molecule has 0 aliphatic rings. The van der Waals surface area contributed by atoms with Crippen molar-refractivity contribution in [1.29, 1.82) is 0 Å². The van der Waals surface area contributed by atoms with E-state index in [1.54, 1.807) is 0 Å². The highest BCUT2D eigenvalue weighted by atomic mass is 127. The number of nitrogens with zero attached hydrogens (tertiary/aromatic N) is 1. The van der Waals surface area contributed by atoms with Crippen LogP contribution in [-0.4, -0.2) is 11.3 Å². The predicted molar refractivity (Wildman–Crippen MR) is 63.2 cm³/mol. The molecule has 1 aromatic rings. The zero-order chi connectivity index (χ0) is 14.1. The van der Waals surface area contributed by atoms with Gasteiger partial charge in [0.25, 0.3) is 0 Å². The van der Waals surface area contributed by atoms with Gasteiger partial charge >= 0.3 is 12.4 Å². The van der Waals surface area contributed by atoms with Crippen molar-refractivity contribution in [3.05, 3.63) is 27.3 Å². The van der Waals surface area contributed by atoms with E-state index in [4.69, 9.17) is 11.6 Å². The first-order chi connectivity index (χ1) is 8.01. The molecular formula is C9H3ClF6IN. The van der Waals surface area contributed by atoms with Crippen LogP contribution < -0.4 is 0 Å². The molecule has 0 radical (unpaired) electrons. The first-order valence-electron chi connectivity index (χ1n) is 4.20. The van der Waals surface area contributed by atoms with Crippen LogP contribution in [0.5, 0.6) is 0 Å². The van der Waals surface area contributed by atoms with Gasteiger partial charge in [-0.1, -0.05) is 11.6 Å². The molecule has 0 aromatic heterocycles. The normalized spacial score (nSPS) is 13.9. The highest BCUT2D eigenvalue weighted by Gasteiger charge is 2.35. The number of hydrogen-bond donors (Lipinski definition) is 0. The second-order valence-electron chi connectivity index (χ2n) is 3.06. The Hall–Kier alpha value is -0.510. The van der Waals surface area contributed by atoms with Crippen molar-refractivity contribution >= 4 is 45.1 Å². The molecule has 0 fully saturated rings. The van der Waals surface area contributed by atoms with Crippen molar-refractivity contribution in [1.82, 2.24) is 0 Å². The largest absolute Gasteiger partial charge is 0.444 e. The fourth-order valence-electron chi connectivity index (χ4n) is 0.977. The Labute approximate surface area is 116 Å². The average molecular weight is 401 g/mol. The van der Waals surface area contributed by atoms with Gasteiger partial charge in [0, 0.05) is 3.57 Å². The van der Waals surface area contributed by atoms with E-state index >= 15 is 0 Å². The van der Waals surface area contributed by atoms with Crippen LogP contribution in [0.2, 0.25) is 0 Å². The van der Waals surface area contributed by atoms with Crippen LogP contribution in [0, 0.1) is 3.57 Å². The van der Waals surface area contributed by atoms with Crippen molar-refractivity contribution in [2.45, 2.75) is 12.4 Å². The van der Waals surface area contributed by atoms with Gasteiger partial charge in [0.15, 0.2) is 0 Å². The van der Waals surface area contributed by atoms with Crippen LogP contribution in [0.15, 0.2) is 23.2 Å². The van der Waals surface area contributed by atoms with Gasteiger partial charge in [-0.3, -0.25) is 0 Å². The molecule has 1 aromatic carbocycles. The Morgan fingerprint density at radius 1 is 1.11 bits per heavy atom. The number of hydrogen-bond acceptors (Lipinski definition) is 1. The minimum absolute atomic E-state index is 0.137. The summed E-state index contributed by atoms with van der Waals surface area (Å²) in [5, 5.41) is -1.73. The van der Waals surface area contributed by atoms with Crippen molar-refractivity contribution in [2.24, 2.45) is 4.99 Å². The molecule has 0 unspecified atom stereocenters. The molecular weight excluding hydrogens is 398 g/mol. The summed E-state index contributed by atoms with van der Waals surface area (Å²) in [7, 11) is 0. The van der Waals surface area contributed by atoms with Crippen molar-refractivity contribution < 1.29 is 26.3 Å². The quantitative estimate of drug-likeness (QED) is 0.351. The van der Waals surface area contributed by atoms with E-state index in [1.807, 2.05) is 0 Å². The number of aliphatic imine (C=N–C) groups is 1. The summed E-state index contributed by atoms with van der Waals surface area (Å²) >= 11 is 6.27. The lowest BCUT2D eigenvalue weighted by Crippen LogP contribution is -2.16. The van der Waals surface area contributed by atoms with E-state index in [0.717, 1.165) is 12.1 Å². The lowest BCUT2D eigenvalue weighted by molar-refractivity contribution is -0.138. The zero-order valence-corrected chi connectivity index (χ0v) is 11.1. The molecule has 0 N–H and O–H groups in total. The summed E-state index contributed by atoms with van der Waals surface area (Å²) in [4.78, 5) is 2.90. The van der Waals surface area contributed by atoms with Crippen LogP contribution in [0.1, 0.15) is 5.56 Å². The Morgan fingerprint density at radius 2 is 1.67 bits per heavy atom. The molecule has 0 saturated carbocycles. The van der Waals surface area contributed by atoms with Crippen LogP contribution in [0.4, 0.5) is 32.0 Å². The highest BCUT2D eigenvalue weighted by Crippen LogP contribution is 2.35. The molecule has 0 aliphatic carbocycles. The highest BCUT2D eigenvalue weighted by molar-refractivity contribution is 14.1. The third-order valence-corrected chi connectivity index (χ3v) is 2.96. The first-order valence-corrected chi connectivity index (χ1v) is 5.65. The molecule has 0 aliphatic heterocycles. The van der Waals surface area contributed by atoms with Crippen LogP contribution in [0.25, 0.3) is 0 Å². The van der Waals surface area contributed by atoms with E-state index in [-0.39, 0.29) is 3.57 Å². The third kappa shape index (κ3) is 4.01. The molecule has 18 heavy (non-hydrogen) atoms. The van der Waals surface area contributed by atoms with Crippen molar-refractivity contribution in [3.8, 4) is 0 Å². The van der Waals surface area contributed by atoms with Gasteiger partial charge in [0.1, 0.15) is 0 Å². The number of rotatable bonds is 1. The molecule has 0 bridgehead atoms. The Balaban J connectivity index is 3.23. The Morgan fingerprint density at radius 3 is 2.11 bits per heavy atom. The molecule has 9 heteroatoms. The fraction of sp³-hybridized carbons (Fsp3) is 0.222. The zero-order valence-electron chi connectivity index (χ0n) is 8.20. The lowest BCUT2D eigenvalue weighted by atomic mass is 10.2. The second kappa shape index (κ2) is 5.24. The summed E-state index contributed by atoms with van der Waals surface area (Å²) in [5.41, 5.74) is -1.57. The molecule has 1 rings (SSSR count). The second-order valence-corrected chi connectivity index (χ2v) is 4.58. The van der Waals surface area contributed by atoms with Crippen molar-refractivity contribution in [2.75, 3.05) is 0 Å². The number of halogens is 8. The monoisotopic (exact) mass is 401 g/mol. The molecule has 100 valence electrons. The maximum atomic E-state index is 12.5. The standard InChI is InChI=1S/C9H3ClF6IN/c10-7(9(14,15)16)18-4-1-2-6(17)5(3-4)8(11,12)13/h1-3H. The summed E-state index contributed by atoms with van der Waals surface area (Å²) < 4.78 is 73.5. The fourth-order valence-corrected chi connectivity index (χ4v) is 1.72. The predicted octanol–water partition coefficient (Wildman–Crippen LogP) is 5.14.